The zero-order valence-corrected chi connectivity index (χ0v) is 30.6. The first-order valence-electron chi connectivity index (χ1n) is 19.2. The lowest BCUT2D eigenvalue weighted by molar-refractivity contribution is 0.670. The molecule has 2 nitrogen and oxygen atoms in total. The van der Waals surface area contributed by atoms with Crippen LogP contribution in [-0.2, 0) is 0 Å². The Bertz CT molecular complexity index is 3240. The first-order chi connectivity index (χ1) is 27.8. The highest BCUT2D eigenvalue weighted by Crippen LogP contribution is 2.48. The second-order valence-electron chi connectivity index (χ2n) is 14.5. The van der Waals surface area contributed by atoms with Gasteiger partial charge in [0, 0.05) is 22.0 Å². The molecule has 2 heteroatoms. The van der Waals surface area contributed by atoms with Crippen molar-refractivity contribution in [3.63, 3.8) is 0 Å². The normalized spacial score (nSPS) is 11.6. The molecule has 0 saturated heterocycles. The van der Waals surface area contributed by atoms with Crippen LogP contribution in [0.5, 0.6) is 0 Å². The minimum atomic E-state index is 0.870. The molecule has 0 bridgehead atoms. The molecule has 0 fully saturated rings. The Morgan fingerprint density at radius 2 is 0.946 bits per heavy atom. The van der Waals surface area contributed by atoms with Crippen LogP contribution in [0.3, 0.4) is 0 Å². The van der Waals surface area contributed by atoms with Crippen LogP contribution in [0, 0.1) is 0 Å². The van der Waals surface area contributed by atoms with Crippen molar-refractivity contribution in [1.29, 1.82) is 0 Å². The summed E-state index contributed by atoms with van der Waals surface area (Å²) in [6.45, 7) is 0. The molecule has 56 heavy (non-hydrogen) atoms. The fraction of sp³-hybridized carbons (Fsp3) is 0. The molecule has 0 aliphatic carbocycles. The largest absolute Gasteiger partial charge is 0.455 e. The van der Waals surface area contributed by atoms with E-state index in [0.717, 1.165) is 50.1 Å². The van der Waals surface area contributed by atoms with E-state index >= 15 is 0 Å². The summed E-state index contributed by atoms with van der Waals surface area (Å²) in [6.07, 6.45) is 0. The zero-order valence-electron chi connectivity index (χ0n) is 30.6. The van der Waals surface area contributed by atoms with Crippen LogP contribution in [-0.4, -0.2) is 0 Å². The summed E-state index contributed by atoms with van der Waals surface area (Å²) in [5, 5.41) is 9.46. The molecule has 0 aliphatic heterocycles. The van der Waals surface area contributed by atoms with Crippen molar-refractivity contribution in [1.82, 2.24) is 0 Å². The van der Waals surface area contributed by atoms with E-state index < -0.39 is 0 Å². The Morgan fingerprint density at radius 1 is 0.339 bits per heavy atom. The summed E-state index contributed by atoms with van der Waals surface area (Å²) in [4.78, 5) is 2.42. The molecule has 0 N–H and O–H groups in total. The van der Waals surface area contributed by atoms with Gasteiger partial charge in [0.05, 0.1) is 16.8 Å². The fourth-order valence-corrected chi connectivity index (χ4v) is 8.61. The van der Waals surface area contributed by atoms with Gasteiger partial charge in [0.15, 0.2) is 0 Å². The molecule has 262 valence electrons. The van der Waals surface area contributed by atoms with Gasteiger partial charge < -0.3 is 9.32 Å². The highest BCUT2D eigenvalue weighted by Gasteiger charge is 2.24. The van der Waals surface area contributed by atoms with Crippen LogP contribution in [0.4, 0.5) is 17.1 Å². The van der Waals surface area contributed by atoms with E-state index in [1.807, 2.05) is 0 Å². The lowest BCUT2D eigenvalue weighted by Gasteiger charge is -2.28. The highest BCUT2D eigenvalue weighted by molar-refractivity contribution is 6.18. The van der Waals surface area contributed by atoms with Crippen molar-refractivity contribution < 1.29 is 4.42 Å². The van der Waals surface area contributed by atoms with Crippen LogP contribution in [0.1, 0.15) is 0 Å². The van der Waals surface area contributed by atoms with Gasteiger partial charge in [-0.3, -0.25) is 0 Å². The van der Waals surface area contributed by atoms with Gasteiger partial charge in [0.2, 0.25) is 0 Å². The van der Waals surface area contributed by atoms with Gasteiger partial charge in [-0.05, 0) is 97.2 Å². The molecule has 0 radical (unpaired) electrons. The van der Waals surface area contributed by atoms with Gasteiger partial charge in [-0.2, -0.15) is 0 Å². The highest BCUT2D eigenvalue weighted by atomic mass is 16.3. The van der Waals surface area contributed by atoms with Crippen molar-refractivity contribution in [2.24, 2.45) is 0 Å². The Kier molecular flexibility index (Phi) is 7.53. The summed E-state index contributed by atoms with van der Waals surface area (Å²) in [5.74, 6) is 0. The monoisotopic (exact) mass is 713 g/mol. The molecule has 1 heterocycles. The standard InChI is InChI=1S/C54H35NO/c1-2-16-40(17-3-1)52-45-21-9-7-15-38(45)29-32-46(52)39-27-30-43(31-28-39)55(49-23-12-19-37-14-6-8-20-44(37)49)50-34-33-47(42-26-25-36-13-4-5-18-41(36)35-42)54-53(50)48-22-10-11-24-51(48)56-54/h1-35H. The molecule has 0 atom stereocenters. The lowest BCUT2D eigenvalue weighted by atomic mass is 9.89. The SMILES string of the molecule is c1ccc(-c2c(-c3ccc(N(c4cccc5ccccc45)c4ccc(-c5ccc6ccccc6c5)c5oc6ccccc6c45)cc3)ccc3ccccc23)cc1. The quantitative estimate of drug-likeness (QED) is 0.171. The van der Waals surface area contributed by atoms with Gasteiger partial charge in [-0.15, -0.1) is 0 Å². The maximum Gasteiger partial charge on any atom is 0.145 e. The molecular weight excluding hydrogens is 679 g/mol. The van der Waals surface area contributed by atoms with Gasteiger partial charge in [0.1, 0.15) is 11.2 Å². The molecule has 0 unspecified atom stereocenters. The zero-order chi connectivity index (χ0) is 37.0. The summed E-state index contributed by atoms with van der Waals surface area (Å²) in [5.41, 5.74) is 12.0. The third-order valence-electron chi connectivity index (χ3n) is 11.2. The minimum absolute atomic E-state index is 0.870. The third-order valence-corrected chi connectivity index (χ3v) is 11.2. The molecule has 0 aliphatic rings. The van der Waals surface area contributed by atoms with Crippen molar-refractivity contribution in [2.75, 3.05) is 4.90 Å². The van der Waals surface area contributed by atoms with Gasteiger partial charge >= 0.3 is 0 Å². The molecule has 0 amide bonds. The van der Waals surface area contributed by atoms with Crippen molar-refractivity contribution in [3.05, 3.63) is 212 Å². The van der Waals surface area contributed by atoms with Crippen LogP contribution >= 0.6 is 0 Å². The number of furan rings is 1. The average Bonchev–Trinajstić information content (AvgIpc) is 3.67. The van der Waals surface area contributed by atoms with E-state index in [-0.39, 0.29) is 0 Å². The van der Waals surface area contributed by atoms with Gasteiger partial charge in [0.25, 0.3) is 0 Å². The van der Waals surface area contributed by atoms with Crippen LogP contribution < -0.4 is 4.90 Å². The van der Waals surface area contributed by atoms with Crippen molar-refractivity contribution in [2.45, 2.75) is 0 Å². The smallest absolute Gasteiger partial charge is 0.145 e. The Labute approximate surface area is 325 Å². The summed E-state index contributed by atoms with van der Waals surface area (Å²) in [6, 6.07) is 76.4. The number of benzene rings is 10. The maximum atomic E-state index is 6.84. The molecule has 0 spiro atoms. The number of rotatable bonds is 6. The van der Waals surface area contributed by atoms with Crippen LogP contribution in [0.15, 0.2) is 217 Å². The fourth-order valence-electron chi connectivity index (χ4n) is 8.61. The first kappa shape index (κ1) is 32.0. The summed E-state index contributed by atoms with van der Waals surface area (Å²) in [7, 11) is 0. The van der Waals surface area contributed by atoms with Crippen LogP contribution in [0.2, 0.25) is 0 Å². The molecule has 10 aromatic carbocycles. The number of fused-ring (bicyclic) bond motifs is 6. The van der Waals surface area contributed by atoms with Crippen molar-refractivity contribution >= 4 is 71.3 Å². The summed E-state index contributed by atoms with van der Waals surface area (Å²) >= 11 is 0. The molecule has 0 saturated carbocycles. The average molecular weight is 714 g/mol. The second-order valence-corrected chi connectivity index (χ2v) is 14.5. The van der Waals surface area contributed by atoms with E-state index in [4.69, 9.17) is 4.42 Å². The van der Waals surface area contributed by atoms with E-state index in [1.54, 1.807) is 0 Å². The van der Waals surface area contributed by atoms with Crippen molar-refractivity contribution in [3.8, 4) is 33.4 Å². The topological polar surface area (TPSA) is 16.4 Å². The Hall–Kier alpha value is -7.42. The minimum Gasteiger partial charge on any atom is -0.455 e. The number of nitrogens with zero attached hydrogens (tertiary/aromatic N) is 1. The Morgan fingerprint density at radius 3 is 1.77 bits per heavy atom. The van der Waals surface area contributed by atoms with E-state index in [2.05, 4.69) is 217 Å². The molecular formula is C54H35NO. The third kappa shape index (κ3) is 5.26. The maximum absolute atomic E-state index is 6.84. The van der Waals surface area contributed by atoms with E-state index in [9.17, 15) is 0 Å². The number of hydrogen-bond donors (Lipinski definition) is 0. The molecule has 11 rings (SSSR count). The van der Waals surface area contributed by atoms with E-state index in [0.29, 0.717) is 0 Å². The van der Waals surface area contributed by atoms with Gasteiger partial charge in [-0.25, -0.2) is 0 Å². The van der Waals surface area contributed by atoms with Gasteiger partial charge in [-0.1, -0.05) is 170 Å². The number of anilines is 3. The lowest BCUT2D eigenvalue weighted by Crippen LogP contribution is -2.11. The number of para-hydroxylation sites is 1. The molecule has 11 aromatic rings. The Balaban J connectivity index is 1.14. The number of hydrogen-bond acceptors (Lipinski definition) is 2. The predicted octanol–water partition coefficient (Wildman–Crippen LogP) is 15.5. The first-order valence-corrected chi connectivity index (χ1v) is 19.2. The molecule has 1 aromatic heterocycles. The second kappa shape index (κ2) is 13.2. The van der Waals surface area contributed by atoms with E-state index in [1.165, 1.54) is 54.6 Å². The van der Waals surface area contributed by atoms with Crippen LogP contribution in [0.25, 0.3) is 87.6 Å². The predicted molar refractivity (Wildman–Crippen MR) is 237 cm³/mol. The summed E-state index contributed by atoms with van der Waals surface area (Å²) < 4.78 is 6.84.